The first-order valence-corrected chi connectivity index (χ1v) is 8.20. The summed E-state index contributed by atoms with van der Waals surface area (Å²) >= 11 is 0.981. The molecule has 2 aromatic rings. The highest BCUT2D eigenvalue weighted by atomic mass is 32.1. The summed E-state index contributed by atoms with van der Waals surface area (Å²) in [5, 5.41) is 3.46. The first-order chi connectivity index (χ1) is 11.0. The van der Waals surface area contributed by atoms with E-state index in [2.05, 4.69) is 24.1 Å². The number of aromatic nitrogens is 1. The van der Waals surface area contributed by atoms with Crippen molar-refractivity contribution >= 4 is 17.2 Å². The molecule has 23 heavy (non-hydrogen) atoms. The number of nitrogens with one attached hydrogen (secondary N) is 1. The third-order valence-electron chi connectivity index (χ3n) is 3.15. The third kappa shape index (κ3) is 5.30. The number of carbonyl (C=O) groups is 1. The molecule has 0 bridgehead atoms. The van der Waals surface area contributed by atoms with E-state index in [4.69, 9.17) is 10.5 Å². The van der Waals surface area contributed by atoms with Crippen molar-refractivity contribution < 1.29 is 13.9 Å². The summed E-state index contributed by atoms with van der Waals surface area (Å²) in [7, 11) is 0. The maximum absolute atomic E-state index is 14.1. The Kier molecular flexibility index (Phi) is 6.06. The lowest BCUT2D eigenvalue weighted by Crippen LogP contribution is -2.16. The minimum Gasteiger partial charge on any atom is -0.428 e. The van der Waals surface area contributed by atoms with E-state index in [1.165, 1.54) is 12.3 Å². The molecular weight excluding hydrogens is 317 g/mol. The fourth-order valence-corrected chi connectivity index (χ4v) is 2.50. The molecule has 0 spiro atoms. The minimum atomic E-state index is -0.583. The molecule has 0 atom stereocenters. The smallest absolute Gasteiger partial charge is 0.279 e. The highest BCUT2D eigenvalue weighted by molar-refractivity contribution is 7.15. The summed E-state index contributed by atoms with van der Waals surface area (Å²) in [4.78, 5) is 15.2. The number of primary amides is 1. The predicted octanol–water partition coefficient (Wildman–Crippen LogP) is 3.31. The van der Waals surface area contributed by atoms with Crippen molar-refractivity contribution in [3.05, 3.63) is 40.7 Å². The fourth-order valence-electron chi connectivity index (χ4n) is 1.87. The molecule has 0 aliphatic carbocycles. The first-order valence-electron chi connectivity index (χ1n) is 7.38. The Hall–Kier alpha value is -1.99. The second-order valence-electron chi connectivity index (χ2n) is 5.58. The molecule has 0 aliphatic rings. The zero-order valence-electron chi connectivity index (χ0n) is 13.1. The van der Waals surface area contributed by atoms with Crippen LogP contribution in [0.3, 0.4) is 0 Å². The summed E-state index contributed by atoms with van der Waals surface area (Å²) in [6, 6.07) is 4.78. The number of benzene rings is 1. The van der Waals surface area contributed by atoms with E-state index in [1.54, 1.807) is 12.1 Å². The molecule has 3 N–H and O–H groups in total. The lowest BCUT2D eigenvalue weighted by atomic mass is 10.1. The number of halogens is 1. The van der Waals surface area contributed by atoms with Gasteiger partial charge in [0.2, 0.25) is 0 Å². The molecule has 0 saturated heterocycles. The van der Waals surface area contributed by atoms with Crippen LogP contribution in [-0.4, -0.2) is 17.4 Å². The quantitative estimate of drug-likeness (QED) is 0.725. The van der Waals surface area contributed by atoms with Gasteiger partial charge >= 0.3 is 0 Å². The molecule has 1 aromatic carbocycles. The van der Waals surface area contributed by atoms with Crippen molar-refractivity contribution in [2.24, 2.45) is 11.7 Å². The zero-order valence-corrected chi connectivity index (χ0v) is 14.0. The van der Waals surface area contributed by atoms with Crippen LogP contribution in [0.15, 0.2) is 24.4 Å². The van der Waals surface area contributed by atoms with Crippen molar-refractivity contribution in [2.45, 2.75) is 26.8 Å². The second kappa shape index (κ2) is 8.03. The molecule has 2 rings (SSSR count). The predicted molar refractivity (Wildman–Crippen MR) is 88.3 cm³/mol. The van der Waals surface area contributed by atoms with Crippen molar-refractivity contribution in [2.75, 3.05) is 6.54 Å². The fraction of sp³-hybridized carbons (Fsp3) is 0.375. The van der Waals surface area contributed by atoms with Crippen molar-refractivity contribution in [3.8, 4) is 10.9 Å². The number of nitrogens with two attached hydrogens (primary N) is 1. The van der Waals surface area contributed by atoms with Gasteiger partial charge in [-0.1, -0.05) is 31.3 Å². The second-order valence-corrected chi connectivity index (χ2v) is 6.57. The number of thiazole rings is 1. The van der Waals surface area contributed by atoms with E-state index in [0.717, 1.165) is 29.9 Å². The molecule has 0 saturated carbocycles. The van der Waals surface area contributed by atoms with E-state index < -0.39 is 11.7 Å². The average molecular weight is 337 g/mol. The van der Waals surface area contributed by atoms with Crippen LogP contribution in [0.4, 0.5) is 4.39 Å². The van der Waals surface area contributed by atoms with Crippen LogP contribution in [0.1, 0.15) is 35.5 Å². The molecule has 5 nitrogen and oxygen atoms in total. The van der Waals surface area contributed by atoms with E-state index in [0.29, 0.717) is 12.5 Å². The van der Waals surface area contributed by atoms with E-state index >= 15 is 0 Å². The van der Waals surface area contributed by atoms with Gasteiger partial charge in [-0.3, -0.25) is 4.79 Å². The maximum atomic E-state index is 14.1. The van der Waals surface area contributed by atoms with Gasteiger partial charge in [0.15, 0.2) is 11.6 Å². The lowest BCUT2D eigenvalue weighted by Gasteiger charge is -2.08. The highest BCUT2D eigenvalue weighted by Gasteiger charge is 2.11. The monoisotopic (exact) mass is 337 g/mol. The van der Waals surface area contributed by atoms with Crippen LogP contribution < -0.4 is 15.8 Å². The SMILES string of the molecule is CC(C)CCNCc1ccc(Oc2ncc(C(N)=O)s2)c(F)c1. The molecule has 7 heteroatoms. The number of nitrogens with zero attached hydrogens (tertiary/aromatic N) is 1. The number of amides is 1. The Bertz CT molecular complexity index is 673. The molecule has 0 radical (unpaired) electrons. The van der Waals surface area contributed by atoms with Crippen LogP contribution >= 0.6 is 11.3 Å². The largest absolute Gasteiger partial charge is 0.428 e. The van der Waals surface area contributed by atoms with Crippen LogP contribution in [-0.2, 0) is 6.54 Å². The van der Waals surface area contributed by atoms with Gasteiger partial charge in [0, 0.05) is 6.54 Å². The van der Waals surface area contributed by atoms with E-state index in [1.807, 2.05) is 0 Å². The van der Waals surface area contributed by atoms with Crippen molar-refractivity contribution in [3.63, 3.8) is 0 Å². The minimum absolute atomic E-state index is 0.0706. The third-order valence-corrected chi connectivity index (χ3v) is 4.04. The van der Waals surface area contributed by atoms with Crippen molar-refractivity contribution in [1.82, 2.24) is 10.3 Å². The van der Waals surface area contributed by atoms with E-state index in [9.17, 15) is 9.18 Å². The molecule has 124 valence electrons. The number of hydrogen-bond acceptors (Lipinski definition) is 5. The molecule has 1 heterocycles. The van der Waals surface area contributed by atoms with Crippen LogP contribution in [0, 0.1) is 11.7 Å². The summed E-state index contributed by atoms with van der Waals surface area (Å²) in [6.45, 7) is 5.82. The van der Waals surface area contributed by atoms with Gasteiger partial charge in [-0.25, -0.2) is 9.37 Å². The standard InChI is InChI=1S/C16H20FN3O2S/c1-10(2)5-6-19-8-11-3-4-13(12(17)7-11)22-16-20-9-14(23-16)15(18)21/h3-4,7,9-10,19H,5-6,8H2,1-2H3,(H2,18,21). The molecular formula is C16H20FN3O2S. The Balaban J connectivity index is 1.94. The van der Waals surface area contributed by atoms with Crippen molar-refractivity contribution in [1.29, 1.82) is 0 Å². The van der Waals surface area contributed by atoms with Gasteiger partial charge in [-0.05, 0) is 36.6 Å². The topological polar surface area (TPSA) is 77.2 Å². The number of ether oxygens (including phenoxy) is 1. The average Bonchev–Trinajstić information content (AvgIpc) is 2.95. The molecule has 1 aromatic heterocycles. The molecule has 0 fully saturated rings. The first kappa shape index (κ1) is 17.4. The molecule has 0 aliphatic heterocycles. The summed E-state index contributed by atoms with van der Waals surface area (Å²) in [5.41, 5.74) is 5.98. The lowest BCUT2D eigenvalue weighted by molar-refractivity contribution is 0.100. The normalized spacial score (nSPS) is 11.0. The van der Waals surface area contributed by atoms with Gasteiger partial charge in [0.25, 0.3) is 11.1 Å². The van der Waals surface area contributed by atoms with Gasteiger partial charge in [0.05, 0.1) is 6.20 Å². The number of carbonyl (C=O) groups excluding carboxylic acids is 1. The summed E-state index contributed by atoms with van der Waals surface area (Å²) < 4.78 is 19.4. The number of hydrogen-bond donors (Lipinski definition) is 2. The van der Waals surface area contributed by atoms with Crippen LogP contribution in [0.2, 0.25) is 0 Å². The zero-order chi connectivity index (χ0) is 16.8. The number of rotatable bonds is 8. The molecule has 0 unspecified atom stereocenters. The molecule has 1 amide bonds. The Morgan fingerprint density at radius 1 is 1.48 bits per heavy atom. The van der Waals surface area contributed by atoms with Crippen LogP contribution in [0.25, 0.3) is 0 Å². The van der Waals surface area contributed by atoms with Gasteiger partial charge < -0.3 is 15.8 Å². The van der Waals surface area contributed by atoms with Gasteiger partial charge in [-0.2, -0.15) is 0 Å². The summed E-state index contributed by atoms with van der Waals surface area (Å²) in [5.74, 6) is -0.343. The Morgan fingerprint density at radius 3 is 2.87 bits per heavy atom. The van der Waals surface area contributed by atoms with E-state index in [-0.39, 0.29) is 15.8 Å². The maximum Gasteiger partial charge on any atom is 0.279 e. The van der Waals surface area contributed by atoms with Gasteiger partial charge in [-0.15, -0.1) is 0 Å². The van der Waals surface area contributed by atoms with Gasteiger partial charge in [0.1, 0.15) is 4.88 Å². The Morgan fingerprint density at radius 2 is 2.26 bits per heavy atom. The van der Waals surface area contributed by atoms with Crippen LogP contribution in [0.5, 0.6) is 10.9 Å². The summed E-state index contributed by atoms with van der Waals surface area (Å²) in [6.07, 6.45) is 2.39. The highest BCUT2D eigenvalue weighted by Crippen LogP contribution is 2.28. The Labute approximate surface area is 138 Å².